The van der Waals surface area contributed by atoms with E-state index in [4.69, 9.17) is 0 Å². The number of anilines is 1. The predicted octanol–water partition coefficient (Wildman–Crippen LogP) is 1.89. The topological polar surface area (TPSA) is 78.4 Å². The van der Waals surface area contributed by atoms with E-state index in [0.717, 1.165) is 10.7 Å². The summed E-state index contributed by atoms with van der Waals surface area (Å²) in [6.45, 7) is 2.49. The van der Waals surface area contributed by atoms with E-state index in [1.165, 1.54) is 18.2 Å². The zero-order chi connectivity index (χ0) is 16.7. The lowest BCUT2D eigenvalue weighted by Crippen LogP contribution is -2.41. The Bertz CT molecular complexity index is 701. The van der Waals surface area contributed by atoms with Crippen molar-refractivity contribution in [3.05, 3.63) is 46.2 Å². The van der Waals surface area contributed by atoms with Crippen molar-refractivity contribution in [2.75, 3.05) is 18.9 Å². The number of hydrogen-bond acceptors (Lipinski definition) is 4. The highest BCUT2D eigenvalue weighted by atomic mass is 32.1. The van der Waals surface area contributed by atoms with Gasteiger partial charge in [0.15, 0.2) is 5.96 Å². The summed E-state index contributed by atoms with van der Waals surface area (Å²) in [6.07, 6.45) is 0. The predicted molar refractivity (Wildman–Crippen MR) is 90.1 cm³/mol. The monoisotopic (exact) mass is 335 g/mol. The first kappa shape index (κ1) is 16.9. The second-order valence-electron chi connectivity index (χ2n) is 4.72. The van der Waals surface area contributed by atoms with Crippen LogP contribution >= 0.6 is 11.3 Å². The van der Waals surface area contributed by atoms with Crippen molar-refractivity contribution in [1.82, 2.24) is 15.6 Å². The molecule has 2 aromatic rings. The number of guanidine groups is 1. The molecule has 1 amide bonds. The van der Waals surface area contributed by atoms with Gasteiger partial charge in [-0.15, -0.1) is 11.3 Å². The van der Waals surface area contributed by atoms with Crippen LogP contribution in [-0.2, 0) is 11.3 Å². The van der Waals surface area contributed by atoms with Crippen molar-refractivity contribution < 1.29 is 9.18 Å². The summed E-state index contributed by atoms with van der Waals surface area (Å²) in [4.78, 5) is 20.2. The molecule has 1 heterocycles. The van der Waals surface area contributed by atoms with Crippen molar-refractivity contribution >= 4 is 28.9 Å². The number of amides is 1. The van der Waals surface area contributed by atoms with Crippen molar-refractivity contribution in [3.8, 4) is 0 Å². The van der Waals surface area contributed by atoms with Gasteiger partial charge in [-0.05, 0) is 25.1 Å². The number of halogens is 1. The second kappa shape index (κ2) is 8.23. The molecular formula is C15H18FN5OS. The molecule has 0 saturated heterocycles. The third-order valence-electron chi connectivity index (χ3n) is 2.82. The molecule has 0 radical (unpaired) electrons. The van der Waals surface area contributed by atoms with E-state index in [9.17, 15) is 9.18 Å². The van der Waals surface area contributed by atoms with Gasteiger partial charge in [0.1, 0.15) is 10.8 Å². The van der Waals surface area contributed by atoms with Gasteiger partial charge < -0.3 is 16.0 Å². The normalized spacial score (nSPS) is 11.2. The molecule has 0 atom stereocenters. The molecule has 1 aromatic carbocycles. The third-order valence-corrected chi connectivity index (χ3v) is 3.79. The Hall–Kier alpha value is -2.48. The molecule has 0 spiro atoms. The van der Waals surface area contributed by atoms with Crippen LogP contribution in [0.3, 0.4) is 0 Å². The van der Waals surface area contributed by atoms with E-state index in [1.807, 2.05) is 12.3 Å². The number of rotatable bonds is 5. The zero-order valence-electron chi connectivity index (χ0n) is 12.9. The third kappa shape index (κ3) is 5.67. The molecule has 0 aliphatic rings. The summed E-state index contributed by atoms with van der Waals surface area (Å²) in [7, 11) is 1.62. The number of aromatic nitrogens is 1. The van der Waals surface area contributed by atoms with Crippen LogP contribution in [0.2, 0.25) is 0 Å². The van der Waals surface area contributed by atoms with Gasteiger partial charge in [0.25, 0.3) is 0 Å². The molecule has 6 nitrogen and oxygen atoms in total. The lowest BCUT2D eigenvalue weighted by molar-refractivity contribution is -0.115. The quantitative estimate of drug-likeness (QED) is 0.576. The lowest BCUT2D eigenvalue weighted by Gasteiger charge is -2.11. The summed E-state index contributed by atoms with van der Waals surface area (Å²) >= 11 is 1.56. The molecule has 23 heavy (non-hydrogen) atoms. The maximum absolute atomic E-state index is 13.0. The number of nitrogens with one attached hydrogen (secondary N) is 3. The first-order chi connectivity index (χ1) is 11.1. The molecule has 8 heteroatoms. The highest BCUT2D eigenvalue weighted by Crippen LogP contribution is 2.09. The molecule has 2 rings (SSSR count). The fourth-order valence-electron chi connectivity index (χ4n) is 1.80. The van der Waals surface area contributed by atoms with E-state index in [-0.39, 0.29) is 12.5 Å². The van der Waals surface area contributed by atoms with Crippen LogP contribution in [0.25, 0.3) is 0 Å². The molecule has 0 saturated carbocycles. The molecule has 0 unspecified atom stereocenters. The average Bonchev–Trinajstić information content (AvgIpc) is 2.93. The SMILES string of the molecule is CN=C(NCC(=O)Nc1cccc(F)c1)NCc1nc(C)cs1. The largest absolute Gasteiger partial charge is 0.350 e. The van der Waals surface area contributed by atoms with Crippen LogP contribution in [0, 0.1) is 12.7 Å². The van der Waals surface area contributed by atoms with Crippen molar-refractivity contribution in [2.24, 2.45) is 4.99 Å². The first-order valence-corrected chi connectivity index (χ1v) is 7.85. The molecule has 0 aliphatic carbocycles. The molecule has 1 aromatic heterocycles. The van der Waals surface area contributed by atoms with Crippen molar-refractivity contribution in [3.63, 3.8) is 0 Å². The van der Waals surface area contributed by atoms with Crippen LogP contribution < -0.4 is 16.0 Å². The number of benzene rings is 1. The Balaban J connectivity index is 1.77. The Labute approximate surface area is 137 Å². The van der Waals surface area contributed by atoms with E-state index in [0.29, 0.717) is 18.2 Å². The van der Waals surface area contributed by atoms with Gasteiger partial charge >= 0.3 is 0 Å². The Morgan fingerprint density at radius 2 is 2.22 bits per heavy atom. The van der Waals surface area contributed by atoms with Gasteiger partial charge in [0.05, 0.1) is 13.1 Å². The molecule has 122 valence electrons. The highest BCUT2D eigenvalue weighted by Gasteiger charge is 2.06. The maximum atomic E-state index is 13.0. The van der Waals surface area contributed by atoms with E-state index >= 15 is 0 Å². The minimum atomic E-state index is -0.396. The van der Waals surface area contributed by atoms with E-state index in [2.05, 4.69) is 25.9 Å². The van der Waals surface area contributed by atoms with Crippen LogP contribution in [-0.4, -0.2) is 30.4 Å². The number of carbonyl (C=O) groups is 1. The van der Waals surface area contributed by atoms with Crippen LogP contribution in [0.15, 0.2) is 34.6 Å². The summed E-state index contributed by atoms with van der Waals surface area (Å²) in [5, 5.41) is 11.5. The molecule has 0 bridgehead atoms. The van der Waals surface area contributed by atoms with Gasteiger partial charge in [-0.3, -0.25) is 9.79 Å². The fourth-order valence-corrected chi connectivity index (χ4v) is 2.51. The van der Waals surface area contributed by atoms with E-state index < -0.39 is 5.82 Å². The standard InChI is InChI=1S/C15H18FN5OS/c1-10-9-23-14(20-10)8-19-15(17-2)18-7-13(22)21-12-5-3-4-11(16)6-12/h3-6,9H,7-8H2,1-2H3,(H,21,22)(H2,17,18,19). The maximum Gasteiger partial charge on any atom is 0.243 e. The second-order valence-corrected chi connectivity index (χ2v) is 5.66. The van der Waals surface area contributed by atoms with Gasteiger partial charge in [-0.2, -0.15) is 0 Å². The van der Waals surface area contributed by atoms with Gasteiger partial charge in [-0.25, -0.2) is 9.37 Å². The van der Waals surface area contributed by atoms with Crippen molar-refractivity contribution in [2.45, 2.75) is 13.5 Å². The smallest absolute Gasteiger partial charge is 0.243 e. The zero-order valence-corrected chi connectivity index (χ0v) is 13.7. The number of nitrogens with zero attached hydrogens (tertiary/aromatic N) is 2. The number of carbonyl (C=O) groups excluding carboxylic acids is 1. The Morgan fingerprint density at radius 3 is 2.87 bits per heavy atom. The number of aliphatic imine (C=N–C) groups is 1. The van der Waals surface area contributed by atoms with Gasteiger partial charge in [-0.1, -0.05) is 6.07 Å². The first-order valence-electron chi connectivity index (χ1n) is 6.98. The minimum absolute atomic E-state index is 0.0209. The molecule has 0 aliphatic heterocycles. The highest BCUT2D eigenvalue weighted by molar-refractivity contribution is 7.09. The summed E-state index contributed by atoms with van der Waals surface area (Å²) in [6, 6.07) is 5.74. The van der Waals surface area contributed by atoms with Gasteiger partial charge in [0.2, 0.25) is 5.91 Å². The summed E-state index contributed by atoms with van der Waals surface area (Å²) in [5.74, 6) is -0.192. The van der Waals surface area contributed by atoms with Crippen LogP contribution in [0.4, 0.5) is 10.1 Å². The van der Waals surface area contributed by atoms with E-state index in [1.54, 1.807) is 24.5 Å². The Morgan fingerprint density at radius 1 is 1.39 bits per heavy atom. The lowest BCUT2D eigenvalue weighted by atomic mass is 10.3. The fraction of sp³-hybridized carbons (Fsp3) is 0.267. The number of thiazole rings is 1. The minimum Gasteiger partial charge on any atom is -0.350 e. The van der Waals surface area contributed by atoms with Crippen molar-refractivity contribution in [1.29, 1.82) is 0 Å². The number of aryl methyl sites for hydroxylation is 1. The summed E-state index contributed by atoms with van der Waals surface area (Å²) in [5.41, 5.74) is 1.39. The molecule has 3 N–H and O–H groups in total. The molecular weight excluding hydrogens is 317 g/mol. The van der Waals surface area contributed by atoms with Crippen LogP contribution in [0.1, 0.15) is 10.7 Å². The summed E-state index contributed by atoms with van der Waals surface area (Å²) < 4.78 is 13.0. The van der Waals surface area contributed by atoms with Crippen LogP contribution in [0.5, 0.6) is 0 Å². The van der Waals surface area contributed by atoms with Gasteiger partial charge in [0, 0.05) is 23.8 Å². The average molecular weight is 335 g/mol. The molecule has 0 fully saturated rings. The Kier molecular flexibility index (Phi) is 6.04. The number of hydrogen-bond donors (Lipinski definition) is 3.